The zero-order chi connectivity index (χ0) is 18.4. The van der Waals surface area contributed by atoms with Crippen LogP contribution in [0.15, 0.2) is 42.5 Å². The number of carbonyl (C=O) groups is 1. The maximum atomic E-state index is 12.7. The van der Waals surface area contributed by atoms with Gasteiger partial charge in [0.1, 0.15) is 5.75 Å². The molecule has 2 atom stereocenters. The van der Waals surface area contributed by atoms with Crippen molar-refractivity contribution in [3.8, 4) is 5.75 Å². The second kappa shape index (κ2) is 8.70. The minimum atomic E-state index is -0.484. The Labute approximate surface area is 151 Å². The third-order valence-electron chi connectivity index (χ3n) is 4.49. The van der Waals surface area contributed by atoms with Crippen molar-refractivity contribution in [2.45, 2.75) is 59.6 Å². The molecule has 134 valence electrons. The first-order chi connectivity index (χ1) is 11.9. The molecule has 3 nitrogen and oxygen atoms in total. The van der Waals surface area contributed by atoms with Crippen LogP contribution in [0.2, 0.25) is 0 Å². The maximum absolute atomic E-state index is 12.7. The second-order valence-electron chi connectivity index (χ2n) is 6.66. The number of rotatable bonds is 7. The van der Waals surface area contributed by atoms with Crippen LogP contribution < -0.4 is 10.1 Å². The molecule has 0 saturated carbocycles. The number of hydrogen-bond donors (Lipinski definition) is 1. The van der Waals surface area contributed by atoms with Gasteiger partial charge in [0.25, 0.3) is 5.91 Å². The van der Waals surface area contributed by atoms with Crippen LogP contribution in [-0.4, -0.2) is 12.0 Å². The summed E-state index contributed by atoms with van der Waals surface area (Å²) in [5.41, 5.74) is 4.79. The van der Waals surface area contributed by atoms with Crippen LogP contribution in [0, 0.1) is 20.8 Å². The topological polar surface area (TPSA) is 38.3 Å². The molecule has 2 aromatic carbocycles. The van der Waals surface area contributed by atoms with E-state index >= 15 is 0 Å². The Kier molecular flexibility index (Phi) is 6.63. The second-order valence-corrected chi connectivity index (χ2v) is 6.66. The molecule has 0 fully saturated rings. The molecule has 1 amide bonds. The van der Waals surface area contributed by atoms with Crippen LogP contribution in [0.3, 0.4) is 0 Å². The van der Waals surface area contributed by atoms with Gasteiger partial charge in [-0.15, -0.1) is 0 Å². The van der Waals surface area contributed by atoms with Gasteiger partial charge in [-0.2, -0.15) is 0 Å². The van der Waals surface area contributed by atoms with Crippen molar-refractivity contribution in [1.29, 1.82) is 0 Å². The van der Waals surface area contributed by atoms with Gasteiger partial charge in [-0.25, -0.2) is 0 Å². The van der Waals surface area contributed by atoms with E-state index in [0.717, 1.165) is 12.2 Å². The van der Waals surface area contributed by atoms with E-state index < -0.39 is 6.10 Å². The summed E-state index contributed by atoms with van der Waals surface area (Å²) in [6.45, 7) is 10.3. The van der Waals surface area contributed by atoms with Gasteiger partial charge in [0.15, 0.2) is 6.10 Å². The van der Waals surface area contributed by atoms with Gasteiger partial charge >= 0.3 is 0 Å². The van der Waals surface area contributed by atoms with Gasteiger partial charge < -0.3 is 10.1 Å². The normalized spacial score (nSPS) is 13.2. The molecule has 0 unspecified atom stereocenters. The Morgan fingerprint density at radius 1 is 0.960 bits per heavy atom. The van der Waals surface area contributed by atoms with E-state index in [9.17, 15) is 4.79 Å². The number of nitrogens with one attached hydrogen (secondary N) is 1. The maximum Gasteiger partial charge on any atom is 0.261 e. The number of carbonyl (C=O) groups excluding carboxylic acids is 1. The first kappa shape index (κ1) is 19.0. The molecule has 0 spiro atoms. The number of ether oxygens (including phenoxy) is 1. The van der Waals surface area contributed by atoms with Crippen LogP contribution in [0.4, 0.5) is 0 Å². The van der Waals surface area contributed by atoms with Crippen LogP contribution in [0.1, 0.15) is 55.0 Å². The molecule has 2 aromatic rings. The molecule has 0 aliphatic rings. The van der Waals surface area contributed by atoms with Gasteiger partial charge in [-0.1, -0.05) is 55.3 Å². The Balaban J connectivity index is 2.09. The Morgan fingerprint density at radius 2 is 1.60 bits per heavy atom. The van der Waals surface area contributed by atoms with Crippen molar-refractivity contribution in [1.82, 2.24) is 5.32 Å². The van der Waals surface area contributed by atoms with Crippen LogP contribution in [0.5, 0.6) is 5.75 Å². The highest BCUT2D eigenvalue weighted by atomic mass is 16.5. The molecule has 0 aromatic heterocycles. The highest BCUT2D eigenvalue weighted by Crippen LogP contribution is 2.22. The lowest BCUT2D eigenvalue weighted by molar-refractivity contribution is -0.128. The highest BCUT2D eigenvalue weighted by Gasteiger charge is 2.22. The number of amides is 1. The smallest absolute Gasteiger partial charge is 0.261 e. The summed E-state index contributed by atoms with van der Waals surface area (Å²) in [4.78, 5) is 12.7. The van der Waals surface area contributed by atoms with Gasteiger partial charge in [-0.05, 0) is 56.9 Å². The molecule has 0 bridgehead atoms. The molecule has 1 N–H and O–H groups in total. The minimum absolute atomic E-state index is 0.00349. The van der Waals surface area contributed by atoms with E-state index in [1.165, 1.54) is 22.3 Å². The summed E-state index contributed by atoms with van der Waals surface area (Å²) in [6.07, 6.45) is 0.988. The molecule has 0 saturated heterocycles. The van der Waals surface area contributed by atoms with Gasteiger partial charge in [0.05, 0.1) is 6.04 Å². The Bertz CT molecular complexity index is 706. The van der Waals surface area contributed by atoms with Crippen molar-refractivity contribution in [3.63, 3.8) is 0 Å². The van der Waals surface area contributed by atoms with Crippen molar-refractivity contribution >= 4 is 5.91 Å². The lowest BCUT2D eigenvalue weighted by atomic mass is 9.97. The minimum Gasteiger partial charge on any atom is -0.481 e. The number of benzene rings is 2. The first-order valence-corrected chi connectivity index (χ1v) is 9.05. The van der Waals surface area contributed by atoms with Crippen LogP contribution in [0.25, 0.3) is 0 Å². The van der Waals surface area contributed by atoms with Crippen molar-refractivity contribution in [3.05, 3.63) is 64.7 Å². The summed E-state index contributed by atoms with van der Waals surface area (Å²) in [7, 11) is 0. The zero-order valence-electron chi connectivity index (χ0n) is 15.9. The van der Waals surface area contributed by atoms with Gasteiger partial charge in [0.2, 0.25) is 0 Å². The summed E-state index contributed by atoms with van der Waals surface area (Å²) < 4.78 is 5.90. The molecule has 2 rings (SSSR count). The van der Waals surface area contributed by atoms with Crippen LogP contribution in [-0.2, 0) is 4.79 Å². The van der Waals surface area contributed by atoms with E-state index in [1.807, 2.05) is 38.1 Å². The average molecular weight is 339 g/mol. The van der Waals surface area contributed by atoms with E-state index in [2.05, 4.69) is 44.3 Å². The Hall–Kier alpha value is -2.29. The molecule has 0 radical (unpaired) electrons. The fraction of sp³-hybridized carbons (Fsp3) is 0.409. The summed E-state index contributed by atoms with van der Waals surface area (Å²) in [6, 6.07) is 14.2. The van der Waals surface area contributed by atoms with Crippen molar-refractivity contribution < 1.29 is 9.53 Å². The molecular weight excluding hydrogens is 310 g/mol. The monoisotopic (exact) mass is 339 g/mol. The Morgan fingerprint density at radius 3 is 2.16 bits per heavy atom. The lowest BCUT2D eigenvalue weighted by Gasteiger charge is -2.23. The molecule has 0 aliphatic carbocycles. The van der Waals surface area contributed by atoms with Crippen molar-refractivity contribution in [2.24, 2.45) is 0 Å². The standard InChI is InChI=1S/C22H29NO2/c1-6-20(19-13-10-16(4)14-17(19)5)23-22(24)21(7-2)25-18-11-8-15(3)9-12-18/h8-14,20-21H,6-7H2,1-5H3,(H,23,24)/t20-,21-/m0/s1. The van der Waals surface area contributed by atoms with Gasteiger partial charge in [0, 0.05) is 0 Å². The summed E-state index contributed by atoms with van der Waals surface area (Å²) >= 11 is 0. The predicted octanol–water partition coefficient (Wildman–Crippen LogP) is 5.04. The third kappa shape index (κ3) is 5.09. The van der Waals surface area contributed by atoms with E-state index in [0.29, 0.717) is 6.42 Å². The molecule has 25 heavy (non-hydrogen) atoms. The summed E-state index contributed by atoms with van der Waals surface area (Å²) in [5.74, 6) is 0.669. The molecule has 0 aliphatic heterocycles. The fourth-order valence-corrected chi connectivity index (χ4v) is 2.98. The van der Waals surface area contributed by atoms with E-state index in [4.69, 9.17) is 4.74 Å². The van der Waals surface area contributed by atoms with E-state index in [-0.39, 0.29) is 11.9 Å². The highest BCUT2D eigenvalue weighted by molar-refractivity contribution is 5.81. The lowest BCUT2D eigenvalue weighted by Crippen LogP contribution is -2.40. The molecule has 0 heterocycles. The summed E-state index contributed by atoms with van der Waals surface area (Å²) in [5, 5.41) is 3.16. The first-order valence-electron chi connectivity index (χ1n) is 9.05. The molecular formula is C22H29NO2. The predicted molar refractivity (Wildman–Crippen MR) is 103 cm³/mol. The SMILES string of the molecule is CC[C@H](Oc1ccc(C)cc1)C(=O)N[C@@H](CC)c1ccc(C)cc1C. The zero-order valence-corrected chi connectivity index (χ0v) is 15.9. The average Bonchev–Trinajstić information content (AvgIpc) is 2.59. The largest absolute Gasteiger partial charge is 0.481 e. The van der Waals surface area contributed by atoms with E-state index in [1.54, 1.807) is 0 Å². The number of hydrogen-bond acceptors (Lipinski definition) is 2. The fourth-order valence-electron chi connectivity index (χ4n) is 2.98. The molecule has 3 heteroatoms. The quantitative estimate of drug-likeness (QED) is 0.768. The van der Waals surface area contributed by atoms with Crippen molar-refractivity contribution in [2.75, 3.05) is 0 Å². The van der Waals surface area contributed by atoms with Gasteiger partial charge in [-0.3, -0.25) is 4.79 Å². The third-order valence-corrected chi connectivity index (χ3v) is 4.49. The number of aryl methyl sites for hydroxylation is 3. The van der Waals surface area contributed by atoms with Crippen LogP contribution >= 0.6 is 0 Å².